The van der Waals surface area contributed by atoms with Crippen molar-refractivity contribution < 1.29 is 4.52 Å². The topological polar surface area (TPSA) is 30.4 Å². The van der Waals surface area contributed by atoms with Crippen LogP contribution in [0.5, 0.6) is 0 Å². The van der Waals surface area contributed by atoms with Crippen LogP contribution in [0, 0.1) is 11.8 Å². The summed E-state index contributed by atoms with van der Waals surface area (Å²) in [5.74, 6) is 0. The number of hydrogen-bond acceptors (Lipinski definition) is 3. The lowest BCUT2D eigenvalue weighted by Crippen LogP contribution is -1.81. The molecule has 0 bridgehead atoms. The summed E-state index contributed by atoms with van der Waals surface area (Å²) in [6.45, 7) is 2.00. The molecule has 0 spiro atoms. The van der Waals surface area contributed by atoms with Gasteiger partial charge in [-0.25, -0.2) is 0 Å². The van der Waals surface area contributed by atoms with Gasteiger partial charge < -0.3 is 4.52 Å². The number of pyridine rings is 1. The molecule has 0 atom stereocenters. The van der Waals surface area contributed by atoms with Crippen LogP contribution in [0.3, 0.4) is 0 Å². The third kappa shape index (κ3) is 1.05. The molecule has 0 fully saturated rings. The maximum atomic E-state index is 5.04. The lowest BCUT2D eigenvalue weighted by molar-refractivity contribution is 0.361. The van der Waals surface area contributed by atoms with Crippen molar-refractivity contribution in [2.24, 2.45) is 0 Å². The van der Waals surface area contributed by atoms with E-state index in [1.807, 2.05) is 19.1 Å². The van der Waals surface area contributed by atoms with E-state index in [4.69, 9.17) is 16.7 Å². The molecule has 0 N–H and O–H groups in total. The maximum absolute atomic E-state index is 5.04. The third-order valence-electron chi connectivity index (χ3n) is 1.44. The average molecular weight is 166 g/mol. The minimum absolute atomic E-state index is 0.274. The molecule has 0 aliphatic heterocycles. The smallest absolute Gasteiger partial charge is 0.315 e. The molecule has 0 saturated carbocycles. The summed E-state index contributed by atoms with van der Waals surface area (Å²) in [7, 11) is 0. The second-order valence-electron chi connectivity index (χ2n) is 2.36. The Morgan fingerprint density at radius 2 is 2.45 bits per heavy atom. The fourth-order valence-electron chi connectivity index (χ4n) is 0.934. The SMILES string of the molecule is Cc1ccn2oc(=S)nc2c1. The van der Waals surface area contributed by atoms with Crippen molar-refractivity contribution in [1.82, 2.24) is 9.56 Å². The van der Waals surface area contributed by atoms with Crippen molar-refractivity contribution in [2.75, 3.05) is 0 Å². The van der Waals surface area contributed by atoms with Gasteiger partial charge in [-0.3, -0.25) is 0 Å². The summed E-state index contributed by atoms with van der Waals surface area (Å²) in [6.07, 6.45) is 1.80. The monoisotopic (exact) mass is 166 g/mol. The van der Waals surface area contributed by atoms with Crippen LogP contribution in [-0.2, 0) is 0 Å². The van der Waals surface area contributed by atoms with Crippen LogP contribution in [0.1, 0.15) is 5.56 Å². The minimum Gasteiger partial charge on any atom is -0.341 e. The molecule has 0 unspecified atom stereocenters. The van der Waals surface area contributed by atoms with Crippen molar-refractivity contribution in [2.45, 2.75) is 6.92 Å². The Kier molecular flexibility index (Phi) is 1.29. The molecular formula is C7H6N2OS. The highest BCUT2D eigenvalue weighted by atomic mass is 32.1. The fourth-order valence-corrected chi connectivity index (χ4v) is 1.11. The summed E-state index contributed by atoms with van der Waals surface area (Å²) >= 11 is 4.76. The van der Waals surface area contributed by atoms with E-state index < -0.39 is 0 Å². The summed E-state index contributed by atoms with van der Waals surface area (Å²) in [5, 5.41) is 0. The Balaban J connectivity index is 2.92. The zero-order valence-corrected chi connectivity index (χ0v) is 6.76. The highest BCUT2D eigenvalue weighted by Gasteiger charge is 1.95. The molecular weight excluding hydrogens is 160 g/mol. The van der Waals surface area contributed by atoms with Crippen molar-refractivity contribution in [3.8, 4) is 0 Å². The predicted molar refractivity (Wildman–Crippen MR) is 43.0 cm³/mol. The van der Waals surface area contributed by atoms with Crippen molar-refractivity contribution in [3.05, 3.63) is 28.7 Å². The second-order valence-corrected chi connectivity index (χ2v) is 2.71. The molecule has 2 heterocycles. The molecule has 0 aliphatic carbocycles. The van der Waals surface area contributed by atoms with E-state index in [0.29, 0.717) is 0 Å². The molecule has 0 amide bonds. The molecule has 56 valence electrons. The number of rotatable bonds is 0. The number of hydrogen-bond donors (Lipinski definition) is 0. The number of nitrogens with zero attached hydrogens (tertiary/aromatic N) is 2. The van der Waals surface area contributed by atoms with E-state index >= 15 is 0 Å². The number of aromatic nitrogens is 2. The molecule has 4 heteroatoms. The molecule has 0 saturated heterocycles. The lowest BCUT2D eigenvalue weighted by Gasteiger charge is -1.90. The van der Waals surface area contributed by atoms with Gasteiger partial charge in [0.1, 0.15) is 0 Å². The Morgan fingerprint density at radius 3 is 3.27 bits per heavy atom. The van der Waals surface area contributed by atoms with E-state index in [-0.39, 0.29) is 4.84 Å². The quantitative estimate of drug-likeness (QED) is 0.560. The van der Waals surface area contributed by atoms with E-state index in [9.17, 15) is 0 Å². The van der Waals surface area contributed by atoms with Crippen LogP contribution in [0.4, 0.5) is 0 Å². The Labute approximate surface area is 68.2 Å². The first kappa shape index (κ1) is 6.54. The van der Waals surface area contributed by atoms with Crippen molar-refractivity contribution in [1.29, 1.82) is 0 Å². The van der Waals surface area contributed by atoms with Crippen LogP contribution in [0.15, 0.2) is 22.9 Å². The van der Waals surface area contributed by atoms with Gasteiger partial charge in [0.15, 0.2) is 5.65 Å². The molecule has 2 rings (SSSR count). The van der Waals surface area contributed by atoms with Crippen molar-refractivity contribution >= 4 is 17.9 Å². The predicted octanol–water partition coefficient (Wildman–Crippen LogP) is 1.97. The zero-order chi connectivity index (χ0) is 7.84. The first-order valence-electron chi connectivity index (χ1n) is 3.22. The Morgan fingerprint density at radius 1 is 1.64 bits per heavy atom. The van der Waals surface area contributed by atoms with E-state index in [1.165, 1.54) is 0 Å². The summed E-state index contributed by atoms with van der Waals surface area (Å²) < 4.78 is 6.59. The van der Waals surface area contributed by atoms with Gasteiger partial charge in [-0.15, -0.1) is 0 Å². The Hall–Kier alpha value is -1.16. The Bertz CT molecular complexity index is 443. The van der Waals surface area contributed by atoms with Gasteiger partial charge in [0.25, 0.3) is 0 Å². The molecule has 2 aromatic rings. The number of aryl methyl sites for hydroxylation is 1. The largest absolute Gasteiger partial charge is 0.341 e. The average Bonchev–Trinajstić information content (AvgIpc) is 2.27. The first-order chi connectivity index (χ1) is 5.25. The maximum Gasteiger partial charge on any atom is 0.315 e. The van der Waals surface area contributed by atoms with Crippen LogP contribution >= 0.6 is 12.2 Å². The first-order valence-corrected chi connectivity index (χ1v) is 3.63. The summed E-state index contributed by atoms with van der Waals surface area (Å²) in [4.78, 5) is 4.26. The fraction of sp³-hybridized carbons (Fsp3) is 0.143. The molecule has 0 aromatic carbocycles. The van der Waals surface area contributed by atoms with Crippen LogP contribution in [0.25, 0.3) is 5.65 Å². The summed E-state index contributed by atoms with van der Waals surface area (Å²) in [6, 6.07) is 3.85. The molecule has 0 radical (unpaired) electrons. The van der Waals surface area contributed by atoms with E-state index in [0.717, 1.165) is 11.2 Å². The number of fused-ring (bicyclic) bond motifs is 1. The van der Waals surface area contributed by atoms with E-state index in [1.54, 1.807) is 10.8 Å². The van der Waals surface area contributed by atoms with E-state index in [2.05, 4.69) is 4.98 Å². The lowest BCUT2D eigenvalue weighted by atomic mass is 10.3. The minimum atomic E-state index is 0.274. The van der Waals surface area contributed by atoms with Gasteiger partial charge in [0.2, 0.25) is 0 Å². The van der Waals surface area contributed by atoms with Crippen LogP contribution in [0.2, 0.25) is 0 Å². The molecule has 11 heavy (non-hydrogen) atoms. The van der Waals surface area contributed by atoms with Crippen molar-refractivity contribution in [3.63, 3.8) is 0 Å². The molecule has 0 aliphatic rings. The highest BCUT2D eigenvalue weighted by Crippen LogP contribution is 2.04. The van der Waals surface area contributed by atoms with Crippen LogP contribution < -0.4 is 0 Å². The summed E-state index contributed by atoms with van der Waals surface area (Å²) in [5.41, 5.74) is 1.91. The third-order valence-corrected chi connectivity index (χ3v) is 1.60. The van der Waals surface area contributed by atoms with Gasteiger partial charge >= 0.3 is 4.84 Å². The van der Waals surface area contributed by atoms with Gasteiger partial charge in [-0.1, -0.05) is 0 Å². The zero-order valence-electron chi connectivity index (χ0n) is 5.94. The highest BCUT2D eigenvalue weighted by molar-refractivity contribution is 7.71. The van der Waals surface area contributed by atoms with Gasteiger partial charge in [-0.05, 0) is 36.8 Å². The second kappa shape index (κ2) is 2.17. The van der Waals surface area contributed by atoms with Crippen LogP contribution in [-0.4, -0.2) is 9.56 Å². The molecule has 2 aromatic heterocycles. The normalized spacial score (nSPS) is 10.6. The van der Waals surface area contributed by atoms with Gasteiger partial charge in [-0.2, -0.15) is 9.56 Å². The van der Waals surface area contributed by atoms with Gasteiger partial charge in [0, 0.05) is 6.20 Å². The standard InChI is InChI=1S/C7H6N2OS/c1-5-2-3-9-6(4-5)8-7(11)10-9/h2-4H,1H3. The van der Waals surface area contributed by atoms with Gasteiger partial charge in [0.05, 0.1) is 0 Å². The molecule has 3 nitrogen and oxygen atoms in total.